The second-order valence-electron chi connectivity index (χ2n) is 15.9. The van der Waals surface area contributed by atoms with E-state index < -0.39 is 5.41 Å². The lowest BCUT2D eigenvalue weighted by Crippen LogP contribution is -2.31. The molecule has 11 rings (SSSR count). The summed E-state index contributed by atoms with van der Waals surface area (Å²) < 4.78 is 2.61. The van der Waals surface area contributed by atoms with E-state index in [1.165, 1.54) is 88.6 Å². The quantitative estimate of drug-likeness (QED) is 0.136. The lowest BCUT2D eigenvalue weighted by Gasteiger charge is -2.37. The fourth-order valence-electron chi connectivity index (χ4n) is 9.99. The molecule has 0 N–H and O–H groups in total. The van der Waals surface area contributed by atoms with Gasteiger partial charge in [-0.2, -0.15) is 0 Å². The molecule has 0 spiro atoms. The minimum absolute atomic E-state index is 0.135. The average Bonchev–Trinajstić information content (AvgIpc) is 3.66. The minimum atomic E-state index is -0.483. The van der Waals surface area contributed by atoms with E-state index in [-0.39, 0.29) is 6.04 Å². The topological polar surface area (TPSA) is 4.93 Å². The van der Waals surface area contributed by atoms with Gasteiger partial charge in [-0.1, -0.05) is 218 Å². The molecular formula is C59H43N. The third kappa shape index (κ3) is 5.93. The van der Waals surface area contributed by atoms with Gasteiger partial charge in [0.2, 0.25) is 0 Å². The molecule has 1 unspecified atom stereocenters. The highest BCUT2D eigenvalue weighted by atomic mass is 15.0. The zero-order valence-electron chi connectivity index (χ0n) is 33.3. The van der Waals surface area contributed by atoms with Crippen LogP contribution in [0.4, 0.5) is 0 Å². The smallest absolute Gasteiger partial charge is 0.0701 e. The van der Waals surface area contributed by atoms with Crippen molar-refractivity contribution >= 4 is 27.4 Å². The summed E-state index contributed by atoms with van der Waals surface area (Å²) in [6.07, 6.45) is 3.37. The summed E-state index contributed by atoms with van der Waals surface area (Å²) in [5.41, 5.74) is 17.1. The van der Waals surface area contributed by atoms with Gasteiger partial charge < -0.3 is 4.57 Å². The van der Waals surface area contributed by atoms with E-state index in [0.717, 1.165) is 6.42 Å². The van der Waals surface area contributed by atoms with Crippen molar-refractivity contribution in [1.29, 1.82) is 0 Å². The molecule has 0 fully saturated rings. The van der Waals surface area contributed by atoms with Crippen molar-refractivity contribution in [2.45, 2.75) is 17.9 Å². The van der Waals surface area contributed by atoms with Crippen LogP contribution in [-0.4, -0.2) is 4.57 Å². The number of nitrogens with zero attached hydrogens (tertiary/aromatic N) is 1. The van der Waals surface area contributed by atoms with Gasteiger partial charge in [-0.15, -0.1) is 0 Å². The Kier molecular flexibility index (Phi) is 8.94. The molecule has 0 saturated carbocycles. The first-order valence-electron chi connectivity index (χ1n) is 21.0. The lowest BCUT2D eigenvalue weighted by atomic mass is 9.65. The number of hydrogen-bond acceptors (Lipinski definition) is 0. The first kappa shape index (κ1) is 35.7. The van der Waals surface area contributed by atoms with Gasteiger partial charge in [0.1, 0.15) is 0 Å². The fraction of sp³-hybridized carbons (Fsp3) is 0.0508. The summed E-state index contributed by atoms with van der Waals surface area (Å²) in [5, 5.41) is 2.57. The van der Waals surface area contributed by atoms with Gasteiger partial charge >= 0.3 is 0 Å². The molecule has 1 aliphatic carbocycles. The number of benzene rings is 9. The zero-order valence-corrected chi connectivity index (χ0v) is 33.3. The Balaban J connectivity index is 1.04. The third-order valence-corrected chi connectivity index (χ3v) is 12.7. The van der Waals surface area contributed by atoms with E-state index >= 15 is 0 Å². The summed E-state index contributed by atoms with van der Waals surface area (Å²) >= 11 is 0. The van der Waals surface area contributed by atoms with Gasteiger partial charge in [0, 0.05) is 21.8 Å². The van der Waals surface area contributed by atoms with Crippen molar-refractivity contribution in [3.8, 4) is 22.3 Å². The van der Waals surface area contributed by atoms with Gasteiger partial charge in [-0.25, -0.2) is 0 Å². The van der Waals surface area contributed by atoms with E-state index in [0.29, 0.717) is 0 Å². The predicted octanol–water partition coefficient (Wildman–Crippen LogP) is 14.9. The van der Waals surface area contributed by atoms with Crippen LogP contribution < -0.4 is 0 Å². The first-order chi connectivity index (χ1) is 29.8. The number of hydrogen-bond donors (Lipinski definition) is 0. The maximum absolute atomic E-state index is 2.61. The van der Waals surface area contributed by atoms with Crippen molar-refractivity contribution in [3.05, 3.63) is 282 Å². The Hall–Kier alpha value is -7.48. The molecule has 0 bridgehead atoms. The fourth-order valence-corrected chi connectivity index (χ4v) is 9.99. The average molecular weight is 766 g/mol. The predicted molar refractivity (Wildman–Crippen MR) is 251 cm³/mol. The Morgan fingerprint density at radius 2 is 0.750 bits per heavy atom. The molecule has 0 radical (unpaired) electrons. The highest BCUT2D eigenvalue weighted by molar-refractivity contribution is 6.11. The largest absolute Gasteiger partial charge is 0.332 e. The van der Waals surface area contributed by atoms with E-state index in [2.05, 4.69) is 247 Å². The highest BCUT2D eigenvalue weighted by Gasteiger charge is 2.38. The molecule has 284 valence electrons. The summed E-state index contributed by atoms with van der Waals surface area (Å²) in [4.78, 5) is 0. The van der Waals surface area contributed by atoms with Crippen LogP contribution in [0, 0.1) is 0 Å². The lowest BCUT2D eigenvalue weighted by molar-refractivity contribution is 0.623. The molecule has 1 heterocycles. The van der Waals surface area contributed by atoms with Gasteiger partial charge in [0.25, 0.3) is 0 Å². The number of fused-ring (bicyclic) bond motifs is 4. The Labute approximate surface area is 352 Å². The molecular weight excluding hydrogens is 723 g/mol. The Bertz CT molecular complexity index is 2930. The van der Waals surface area contributed by atoms with Gasteiger partial charge in [0.15, 0.2) is 0 Å². The molecule has 60 heavy (non-hydrogen) atoms. The van der Waals surface area contributed by atoms with Gasteiger partial charge in [0.05, 0.1) is 11.5 Å². The molecule has 10 aromatic rings. The SMILES string of the molecule is C1=C(c2ccc(C(c3ccccc3)(c3ccccc3)c3ccccc3)cc2)c2ccccc2C(n2c3ccc(-c4ccccc4)cc3c3cc(-c4ccccc4)ccc32)C1. The van der Waals surface area contributed by atoms with E-state index in [4.69, 9.17) is 0 Å². The number of aromatic nitrogens is 1. The monoisotopic (exact) mass is 765 g/mol. The summed E-state index contributed by atoms with van der Waals surface area (Å²) in [7, 11) is 0. The van der Waals surface area contributed by atoms with Crippen molar-refractivity contribution in [1.82, 2.24) is 4.57 Å². The van der Waals surface area contributed by atoms with E-state index in [9.17, 15) is 0 Å². The summed E-state index contributed by atoms with van der Waals surface area (Å²) in [6, 6.07) is 87.1. The normalized spacial score (nSPS) is 13.9. The van der Waals surface area contributed by atoms with Gasteiger partial charge in [-0.3, -0.25) is 0 Å². The van der Waals surface area contributed by atoms with Crippen LogP contribution in [0.3, 0.4) is 0 Å². The van der Waals surface area contributed by atoms with Crippen molar-refractivity contribution in [3.63, 3.8) is 0 Å². The second-order valence-corrected chi connectivity index (χ2v) is 15.9. The molecule has 1 heteroatoms. The summed E-state index contributed by atoms with van der Waals surface area (Å²) in [5.74, 6) is 0. The summed E-state index contributed by atoms with van der Waals surface area (Å²) in [6.45, 7) is 0. The van der Waals surface area contributed by atoms with Gasteiger partial charge in [-0.05, 0) is 97.5 Å². The van der Waals surface area contributed by atoms with Crippen molar-refractivity contribution in [2.75, 3.05) is 0 Å². The molecule has 1 atom stereocenters. The standard InChI is InChI=1S/C59H43N/c1-6-18-42(19-7-1)45-32-37-57-54(40-45)55-41-46(43-20-8-2-9-21-43)33-38-58(55)60(57)56-39-36-51(52-28-16-17-29-53(52)56)44-30-34-50(35-31-44)59(47-22-10-3-11-23-47,48-24-12-4-13-25-48)49-26-14-5-15-27-49/h1-38,40-41,56H,39H2. The van der Waals surface area contributed by atoms with E-state index in [1.807, 2.05) is 0 Å². The molecule has 9 aromatic carbocycles. The van der Waals surface area contributed by atoms with Crippen LogP contribution in [0.1, 0.15) is 51.4 Å². The molecule has 1 aliphatic rings. The maximum atomic E-state index is 2.61. The van der Waals surface area contributed by atoms with Crippen LogP contribution in [0.5, 0.6) is 0 Å². The second kappa shape index (κ2) is 15.0. The minimum Gasteiger partial charge on any atom is -0.332 e. The van der Waals surface area contributed by atoms with Crippen LogP contribution in [0.25, 0.3) is 49.6 Å². The van der Waals surface area contributed by atoms with Crippen LogP contribution in [0.15, 0.2) is 243 Å². The molecule has 0 aliphatic heterocycles. The van der Waals surface area contributed by atoms with Crippen LogP contribution in [0.2, 0.25) is 0 Å². The van der Waals surface area contributed by atoms with Crippen molar-refractivity contribution < 1.29 is 0 Å². The van der Waals surface area contributed by atoms with Crippen LogP contribution in [-0.2, 0) is 5.41 Å². The number of allylic oxidation sites excluding steroid dienone is 1. The van der Waals surface area contributed by atoms with E-state index in [1.54, 1.807) is 0 Å². The third-order valence-electron chi connectivity index (χ3n) is 12.7. The van der Waals surface area contributed by atoms with Crippen LogP contribution >= 0.6 is 0 Å². The molecule has 1 aromatic heterocycles. The Morgan fingerprint density at radius 3 is 1.23 bits per heavy atom. The molecule has 1 nitrogen and oxygen atoms in total. The zero-order chi connectivity index (χ0) is 39.9. The van der Waals surface area contributed by atoms with Crippen molar-refractivity contribution in [2.24, 2.45) is 0 Å². The number of rotatable bonds is 8. The maximum Gasteiger partial charge on any atom is 0.0701 e. The Morgan fingerprint density at radius 1 is 0.350 bits per heavy atom. The first-order valence-corrected chi connectivity index (χ1v) is 21.0. The molecule has 0 amide bonds. The highest BCUT2D eigenvalue weighted by Crippen LogP contribution is 2.47. The molecule has 0 saturated heterocycles.